The van der Waals surface area contributed by atoms with Crippen molar-refractivity contribution in [3.63, 3.8) is 0 Å². The van der Waals surface area contributed by atoms with Gasteiger partial charge < -0.3 is 10.5 Å². The number of nitrogens with one attached hydrogen (secondary N) is 1. The number of aryl methyl sites for hydroxylation is 1. The van der Waals surface area contributed by atoms with Crippen LogP contribution in [0.15, 0.2) is 18.2 Å². The Kier molecular flexibility index (Phi) is 3.48. The number of benzene rings is 1. The fourth-order valence-corrected chi connectivity index (χ4v) is 2.07. The third-order valence-corrected chi connectivity index (χ3v) is 3.42. The van der Waals surface area contributed by atoms with E-state index in [9.17, 15) is 13.6 Å². The van der Waals surface area contributed by atoms with Gasteiger partial charge in [0, 0.05) is 12.1 Å². The van der Waals surface area contributed by atoms with Crippen LogP contribution >= 0.6 is 0 Å². The zero-order chi connectivity index (χ0) is 16.1. The van der Waals surface area contributed by atoms with E-state index in [1.165, 1.54) is 6.07 Å². The first kappa shape index (κ1) is 15.7. The van der Waals surface area contributed by atoms with Crippen LogP contribution in [0, 0.1) is 6.92 Å². The van der Waals surface area contributed by atoms with Crippen LogP contribution in [0.4, 0.5) is 19.3 Å². The molecule has 0 spiro atoms. The Balaban J connectivity index is 2.20. The van der Waals surface area contributed by atoms with E-state index in [0.717, 1.165) is 5.56 Å². The highest BCUT2D eigenvalue weighted by Crippen LogP contribution is 2.57. The first-order valence-corrected chi connectivity index (χ1v) is 6.72. The second-order valence-corrected chi connectivity index (χ2v) is 6.51. The van der Waals surface area contributed by atoms with Crippen molar-refractivity contribution >= 4 is 11.8 Å². The fraction of sp³-hybridized carbons (Fsp3) is 0.533. The molecule has 1 saturated carbocycles. The van der Waals surface area contributed by atoms with Crippen LogP contribution in [-0.2, 0) is 10.3 Å². The molecule has 1 aromatic carbocycles. The van der Waals surface area contributed by atoms with Crippen molar-refractivity contribution < 1.29 is 18.3 Å². The van der Waals surface area contributed by atoms with Gasteiger partial charge in [0.15, 0.2) is 0 Å². The molecule has 6 heteroatoms. The zero-order valence-electron chi connectivity index (χ0n) is 12.6. The molecule has 1 aliphatic carbocycles. The van der Waals surface area contributed by atoms with E-state index in [-0.39, 0.29) is 6.42 Å². The lowest BCUT2D eigenvalue weighted by molar-refractivity contribution is 0.0635. The van der Waals surface area contributed by atoms with Gasteiger partial charge in [-0.2, -0.15) is 0 Å². The molecule has 1 aliphatic rings. The molecule has 1 fully saturated rings. The Labute approximate surface area is 122 Å². The number of hydrogen-bond acceptors (Lipinski definition) is 3. The Morgan fingerprint density at radius 3 is 2.43 bits per heavy atom. The van der Waals surface area contributed by atoms with Gasteiger partial charge in [0.1, 0.15) is 11.1 Å². The Hall–Kier alpha value is -1.69. The van der Waals surface area contributed by atoms with Gasteiger partial charge in [0.25, 0.3) is 5.92 Å². The molecule has 4 nitrogen and oxygen atoms in total. The summed E-state index contributed by atoms with van der Waals surface area (Å²) in [6.07, 6.45) is -1.01. The topological polar surface area (TPSA) is 64.3 Å². The van der Waals surface area contributed by atoms with Gasteiger partial charge in [-0.15, -0.1) is 0 Å². The number of alkyl halides is 2. The average Bonchev–Trinajstić information content (AvgIpc) is 2.79. The highest BCUT2D eigenvalue weighted by Gasteiger charge is 2.69. The fourth-order valence-electron chi connectivity index (χ4n) is 2.07. The number of carbonyl (C=O) groups excluding carboxylic acids is 1. The Morgan fingerprint density at radius 2 is 1.95 bits per heavy atom. The molecule has 21 heavy (non-hydrogen) atoms. The lowest BCUT2D eigenvalue weighted by atomic mass is 10.0. The smallest absolute Gasteiger partial charge is 0.412 e. The second-order valence-electron chi connectivity index (χ2n) is 6.51. The molecule has 0 aliphatic heterocycles. The second kappa shape index (κ2) is 4.66. The van der Waals surface area contributed by atoms with Crippen LogP contribution in [0.3, 0.4) is 0 Å². The first-order chi connectivity index (χ1) is 9.45. The number of halogens is 2. The van der Waals surface area contributed by atoms with Gasteiger partial charge >= 0.3 is 6.09 Å². The Morgan fingerprint density at radius 1 is 1.38 bits per heavy atom. The summed E-state index contributed by atoms with van der Waals surface area (Å²) in [7, 11) is 0. The highest BCUT2D eigenvalue weighted by atomic mass is 19.3. The molecule has 1 atom stereocenters. The molecule has 0 bridgehead atoms. The monoisotopic (exact) mass is 298 g/mol. The van der Waals surface area contributed by atoms with E-state index >= 15 is 0 Å². The summed E-state index contributed by atoms with van der Waals surface area (Å²) in [5.74, 6) is -2.90. The maximum absolute atomic E-state index is 13.3. The maximum atomic E-state index is 13.3. The van der Waals surface area contributed by atoms with Crippen molar-refractivity contribution in [1.29, 1.82) is 0 Å². The number of carbonyl (C=O) groups is 1. The van der Waals surface area contributed by atoms with Gasteiger partial charge in [-0.05, 0) is 44.9 Å². The first-order valence-electron chi connectivity index (χ1n) is 6.72. The van der Waals surface area contributed by atoms with Crippen LogP contribution in [0.25, 0.3) is 0 Å². The summed E-state index contributed by atoms with van der Waals surface area (Å²) < 4.78 is 31.8. The van der Waals surface area contributed by atoms with Crippen LogP contribution in [0.1, 0.15) is 38.3 Å². The highest BCUT2D eigenvalue weighted by molar-refractivity contribution is 5.86. The van der Waals surface area contributed by atoms with Crippen LogP contribution in [0.2, 0.25) is 0 Å². The van der Waals surface area contributed by atoms with Gasteiger partial charge in [0.2, 0.25) is 0 Å². The van der Waals surface area contributed by atoms with Crippen molar-refractivity contribution in [2.75, 3.05) is 5.32 Å². The van der Waals surface area contributed by atoms with Crippen LogP contribution in [0.5, 0.6) is 0 Å². The van der Waals surface area contributed by atoms with Gasteiger partial charge in [-0.3, -0.25) is 5.32 Å². The Bertz CT molecular complexity index is 582. The summed E-state index contributed by atoms with van der Waals surface area (Å²) in [4.78, 5) is 11.8. The minimum absolute atomic E-state index is 0.309. The summed E-state index contributed by atoms with van der Waals surface area (Å²) in [6, 6.07) is 4.71. The lowest BCUT2D eigenvalue weighted by Gasteiger charge is -2.21. The van der Waals surface area contributed by atoms with Gasteiger partial charge in [-0.25, -0.2) is 13.6 Å². The molecule has 3 N–H and O–H groups in total. The zero-order valence-corrected chi connectivity index (χ0v) is 12.6. The number of rotatable bonds is 2. The molecule has 0 saturated heterocycles. The van der Waals surface area contributed by atoms with E-state index < -0.39 is 23.2 Å². The van der Waals surface area contributed by atoms with Gasteiger partial charge in [-0.1, -0.05) is 12.1 Å². The van der Waals surface area contributed by atoms with E-state index in [1.54, 1.807) is 39.8 Å². The number of hydrogen-bond donors (Lipinski definition) is 2. The normalized spacial score (nSPS) is 23.6. The third kappa shape index (κ3) is 3.15. The van der Waals surface area contributed by atoms with Crippen molar-refractivity contribution in [2.45, 2.75) is 51.2 Å². The molecule has 1 amide bonds. The number of amides is 1. The standard InChI is InChI=1S/C15H20F2N2O2/c1-9-5-6-10(14(18)8-15(14,16)17)7-11(9)19-12(20)21-13(2,3)4/h5-7H,8,18H2,1-4H3,(H,19,20). The van der Waals surface area contributed by atoms with Crippen LogP contribution < -0.4 is 11.1 Å². The maximum Gasteiger partial charge on any atom is 0.412 e. The minimum Gasteiger partial charge on any atom is -0.444 e. The van der Waals surface area contributed by atoms with E-state index in [2.05, 4.69) is 5.32 Å². The summed E-state index contributed by atoms with van der Waals surface area (Å²) in [5, 5.41) is 2.57. The number of anilines is 1. The lowest BCUT2D eigenvalue weighted by Crippen LogP contribution is -2.29. The minimum atomic E-state index is -2.90. The van der Waals surface area contributed by atoms with Crippen molar-refractivity contribution in [3.8, 4) is 0 Å². The largest absolute Gasteiger partial charge is 0.444 e. The summed E-state index contributed by atoms with van der Waals surface area (Å²) >= 11 is 0. The number of ether oxygens (including phenoxy) is 1. The molecule has 1 unspecified atom stereocenters. The molecule has 1 aromatic rings. The predicted molar refractivity (Wildman–Crippen MR) is 76.5 cm³/mol. The third-order valence-electron chi connectivity index (χ3n) is 3.42. The number of nitrogens with two attached hydrogens (primary N) is 1. The molecule has 0 aromatic heterocycles. The van der Waals surface area contributed by atoms with Crippen molar-refractivity contribution in [2.24, 2.45) is 5.73 Å². The van der Waals surface area contributed by atoms with E-state index in [0.29, 0.717) is 11.3 Å². The summed E-state index contributed by atoms with van der Waals surface area (Å²) in [6.45, 7) is 7.01. The summed E-state index contributed by atoms with van der Waals surface area (Å²) in [5.41, 5.74) is 4.92. The molecule has 2 rings (SSSR count). The quantitative estimate of drug-likeness (QED) is 0.877. The van der Waals surface area contributed by atoms with Gasteiger partial charge in [0.05, 0.1) is 0 Å². The molecule has 116 valence electrons. The van der Waals surface area contributed by atoms with E-state index in [4.69, 9.17) is 10.5 Å². The van der Waals surface area contributed by atoms with Crippen molar-refractivity contribution in [3.05, 3.63) is 29.3 Å². The molecular weight excluding hydrogens is 278 g/mol. The van der Waals surface area contributed by atoms with Crippen LogP contribution in [-0.4, -0.2) is 17.6 Å². The predicted octanol–water partition coefficient (Wildman–Crippen LogP) is 3.54. The average molecular weight is 298 g/mol. The molecular formula is C15H20F2N2O2. The molecule has 0 heterocycles. The van der Waals surface area contributed by atoms with Crippen molar-refractivity contribution in [1.82, 2.24) is 0 Å². The molecule has 0 radical (unpaired) electrons. The SMILES string of the molecule is Cc1ccc(C2(N)CC2(F)F)cc1NC(=O)OC(C)(C)C. The van der Waals surface area contributed by atoms with E-state index in [1.807, 2.05) is 0 Å².